The van der Waals surface area contributed by atoms with Gasteiger partial charge in [-0.15, -0.1) is 0 Å². The Balaban J connectivity index is 2.34. The Morgan fingerprint density at radius 3 is 2.56 bits per heavy atom. The molecule has 16 heavy (non-hydrogen) atoms. The molecular weight excluding hydrogens is 276 g/mol. The van der Waals surface area contributed by atoms with Gasteiger partial charge in [-0.3, -0.25) is 0 Å². The molecule has 2 atom stereocenters. The van der Waals surface area contributed by atoms with Gasteiger partial charge in [0.15, 0.2) is 0 Å². The maximum atomic E-state index is 13.8. The van der Waals surface area contributed by atoms with Gasteiger partial charge < -0.3 is 5.73 Å². The summed E-state index contributed by atoms with van der Waals surface area (Å²) < 4.78 is 27.6. The van der Waals surface area contributed by atoms with Gasteiger partial charge in [-0.05, 0) is 52.7 Å². The van der Waals surface area contributed by atoms with Gasteiger partial charge in [-0.1, -0.05) is 6.92 Å². The number of hydrogen-bond donors (Lipinski definition) is 1. The molecule has 2 unspecified atom stereocenters. The van der Waals surface area contributed by atoms with E-state index in [4.69, 9.17) is 5.73 Å². The summed E-state index contributed by atoms with van der Waals surface area (Å²) in [5.74, 6) is -0.480. The number of nitrogens with two attached hydrogens (primary N) is 1. The second-order valence-corrected chi connectivity index (χ2v) is 5.33. The molecule has 1 aromatic rings. The Morgan fingerprint density at radius 1 is 1.38 bits per heavy atom. The number of halogens is 3. The lowest BCUT2D eigenvalue weighted by molar-refractivity contribution is 0.389. The van der Waals surface area contributed by atoms with E-state index >= 15 is 0 Å². The second-order valence-electron chi connectivity index (χ2n) is 4.48. The zero-order valence-corrected chi connectivity index (χ0v) is 10.6. The molecule has 1 aromatic carbocycles. The molecule has 0 spiro atoms. The molecule has 0 aliphatic heterocycles. The zero-order chi connectivity index (χ0) is 11.9. The number of rotatable bonds is 3. The molecule has 0 saturated heterocycles. The van der Waals surface area contributed by atoms with Crippen molar-refractivity contribution in [1.82, 2.24) is 0 Å². The van der Waals surface area contributed by atoms with E-state index in [-0.39, 0.29) is 16.0 Å². The van der Waals surface area contributed by atoms with E-state index in [1.54, 1.807) is 0 Å². The summed E-state index contributed by atoms with van der Waals surface area (Å²) in [5.41, 5.74) is 5.96. The molecule has 1 aliphatic carbocycles. The molecule has 1 nitrogen and oxygen atoms in total. The molecule has 1 saturated carbocycles. The standard InChI is InChI=1S/C12H14BrF2N/c1-6(7-2-3-7)12(16)10-9(14)5-4-8(13)11(10)15/h4-7,12H,2-3,16H2,1H3. The van der Waals surface area contributed by atoms with Gasteiger partial charge in [0, 0.05) is 11.6 Å². The van der Waals surface area contributed by atoms with Gasteiger partial charge in [0.2, 0.25) is 0 Å². The van der Waals surface area contributed by atoms with Crippen molar-refractivity contribution in [1.29, 1.82) is 0 Å². The van der Waals surface area contributed by atoms with Crippen molar-refractivity contribution < 1.29 is 8.78 Å². The molecule has 0 radical (unpaired) electrons. The third-order valence-corrected chi connectivity index (χ3v) is 3.96. The predicted molar refractivity (Wildman–Crippen MR) is 62.9 cm³/mol. The Kier molecular flexibility index (Phi) is 3.31. The largest absolute Gasteiger partial charge is 0.324 e. The minimum absolute atomic E-state index is 0.00813. The second kappa shape index (κ2) is 4.41. The van der Waals surface area contributed by atoms with Crippen molar-refractivity contribution in [3.8, 4) is 0 Å². The molecule has 1 fully saturated rings. The first-order chi connectivity index (χ1) is 7.52. The fraction of sp³-hybridized carbons (Fsp3) is 0.500. The highest BCUT2D eigenvalue weighted by Crippen LogP contribution is 2.43. The maximum Gasteiger partial charge on any atom is 0.145 e. The normalized spacial score (nSPS) is 19.6. The molecule has 88 valence electrons. The maximum absolute atomic E-state index is 13.8. The van der Waals surface area contributed by atoms with Crippen molar-refractivity contribution in [2.24, 2.45) is 17.6 Å². The first-order valence-corrected chi connectivity index (χ1v) is 6.20. The van der Waals surface area contributed by atoms with Crippen LogP contribution in [-0.2, 0) is 0 Å². The first kappa shape index (κ1) is 12.0. The lowest BCUT2D eigenvalue weighted by Crippen LogP contribution is -2.23. The van der Waals surface area contributed by atoms with E-state index < -0.39 is 17.7 Å². The third kappa shape index (κ3) is 2.13. The molecule has 1 aliphatic rings. The smallest absolute Gasteiger partial charge is 0.145 e. The average molecular weight is 290 g/mol. The molecule has 2 N–H and O–H groups in total. The van der Waals surface area contributed by atoms with Crippen molar-refractivity contribution >= 4 is 15.9 Å². The minimum atomic E-state index is -0.569. The van der Waals surface area contributed by atoms with Crippen LogP contribution in [0, 0.1) is 23.5 Å². The summed E-state index contributed by atoms with van der Waals surface area (Å²) in [6.45, 7) is 1.96. The monoisotopic (exact) mass is 289 g/mol. The quantitative estimate of drug-likeness (QED) is 0.842. The van der Waals surface area contributed by atoms with Gasteiger partial charge in [0.05, 0.1) is 4.47 Å². The molecule has 0 amide bonds. The molecule has 2 rings (SSSR count). The topological polar surface area (TPSA) is 26.0 Å². The lowest BCUT2D eigenvalue weighted by atomic mass is 9.91. The van der Waals surface area contributed by atoms with Crippen LogP contribution in [0.2, 0.25) is 0 Å². The van der Waals surface area contributed by atoms with Gasteiger partial charge in [-0.25, -0.2) is 8.78 Å². The van der Waals surface area contributed by atoms with E-state index in [1.807, 2.05) is 6.92 Å². The van der Waals surface area contributed by atoms with Crippen LogP contribution < -0.4 is 5.73 Å². The Morgan fingerprint density at radius 2 is 2.00 bits per heavy atom. The van der Waals surface area contributed by atoms with Gasteiger partial charge in [0.25, 0.3) is 0 Å². The summed E-state index contributed by atoms with van der Waals surface area (Å²) in [6, 6.07) is 2.05. The number of hydrogen-bond acceptors (Lipinski definition) is 1. The first-order valence-electron chi connectivity index (χ1n) is 5.41. The Labute approximate surface area is 102 Å². The fourth-order valence-corrected chi connectivity index (χ4v) is 2.37. The van der Waals surface area contributed by atoms with Crippen molar-refractivity contribution in [2.75, 3.05) is 0 Å². The van der Waals surface area contributed by atoms with Crippen LogP contribution in [0.3, 0.4) is 0 Å². The van der Waals surface area contributed by atoms with Crippen LogP contribution >= 0.6 is 15.9 Å². The highest BCUT2D eigenvalue weighted by atomic mass is 79.9. The van der Waals surface area contributed by atoms with Crippen molar-refractivity contribution in [3.05, 3.63) is 33.8 Å². The van der Waals surface area contributed by atoms with Crippen LogP contribution in [0.15, 0.2) is 16.6 Å². The molecule has 0 aromatic heterocycles. The summed E-state index contributed by atoms with van der Waals surface area (Å²) in [6.07, 6.45) is 2.23. The highest BCUT2D eigenvalue weighted by Gasteiger charge is 2.34. The minimum Gasteiger partial charge on any atom is -0.324 e. The van der Waals surface area contributed by atoms with E-state index in [0.29, 0.717) is 5.92 Å². The molecule has 0 heterocycles. The van der Waals surface area contributed by atoms with Gasteiger partial charge in [-0.2, -0.15) is 0 Å². The average Bonchev–Trinajstić information content (AvgIpc) is 3.06. The van der Waals surface area contributed by atoms with Gasteiger partial charge in [0.1, 0.15) is 11.6 Å². The van der Waals surface area contributed by atoms with E-state index in [0.717, 1.165) is 12.8 Å². The van der Waals surface area contributed by atoms with E-state index in [9.17, 15) is 8.78 Å². The summed E-state index contributed by atoms with van der Waals surface area (Å²) in [5, 5.41) is 0. The summed E-state index contributed by atoms with van der Waals surface area (Å²) in [7, 11) is 0. The Hall–Kier alpha value is -0.480. The SMILES string of the molecule is CC(C1CC1)C(N)c1c(F)ccc(Br)c1F. The van der Waals surface area contributed by atoms with Crippen LogP contribution in [-0.4, -0.2) is 0 Å². The third-order valence-electron chi connectivity index (χ3n) is 3.34. The van der Waals surface area contributed by atoms with E-state index in [2.05, 4.69) is 15.9 Å². The summed E-state index contributed by atoms with van der Waals surface area (Å²) >= 11 is 3.05. The van der Waals surface area contributed by atoms with Crippen LogP contribution in [0.4, 0.5) is 8.78 Å². The highest BCUT2D eigenvalue weighted by molar-refractivity contribution is 9.10. The number of benzene rings is 1. The molecule has 0 bridgehead atoms. The van der Waals surface area contributed by atoms with Crippen molar-refractivity contribution in [2.45, 2.75) is 25.8 Å². The lowest BCUT2D eigenvalue weighted by Gasteiger charge is -2.21. The Bertz CT molecular complexity index is 404. The van der Waals surface area contributed by atoms with Crippen molar-refractivity contribution in [3.63, 3.8) is 0 Å². The predicted octanol–water partition coefficient (Wildman–Crippen LogP) is 3.77. The molecular formula is C12H14BrF2N. The van der Waals surface area contributed by atoms with Crippen LogP contribution in [0.25, 0.3) is 0 Å². The molecule has 4 heteroatoms. The van der Waals surface area contributed by atoms with Gasteiger partial charge >= 0.3 is 0 Å². The van der Waals surface area contributed by atoms with Crippen LogP contribution in [0.5, 0.6) is 0 Å². The van der Waals surface area contributed by atoms with Crippen LogP contribution in [0.1, 0.15) is 31.4 Å². The zero-order valence-electron chi connectivity index (χ0n) is 9.01. The van der Waals surface area contributed by atoms with E-state index in [1.165, 1.54) is 12.1 Å². The summed E-state index contributed by atoms with van der Waals surface area (Å²) in [4.78, 5) is 0. The fourth-order valence-electron chi connectivity index (χ4n) is 2.03.